The first-order valence-corrected chi connectivity index (χ1v) is 7.70. The van der Waals surface area contributed by atoms with Crippen molar-refractivity contribution in [3.8, 4) is 11.5 Å². The third-order valence-electron chi connectivity index (χ3n) is 3.20. The summed E-state index contributed by atoms with van der Waals surface area (Å²) in [5.74, 6) is 1.67. The maximum Gasteiger partial charge on any atom is 0.161 e. The van der Waals surface area contributed by atoms with Crippen molar-refractivity contribution in [3.63, 3.8) is 0 Å². The molecule has 3 heteroatoms. The molecular weight excluding hydrogens is 250 g/mol. The van der Waals surface area contributed by atoms with Crippen LogP contribution in [0.1, 0.15) is 52.0 Å². The summed E-state index contributed by atoms with van der Waals surface area (Å²) in [4.78, 5) is 0. The van der Waals surface area contributed by atoms with E-state index in [0.717, 1.165) is 31.1 Å². The van der Waals surface area contributed by atoms with E-state index in [4.69, 9.17) is 9.47 Å². The van der Waals surface area contributed by atoms with Gasteiger partial charge in [-0.3, -0.25) is 0 Å². The molecule has 20 heavy (non-hydrogen) atoms. The summed E-state index contributed by atoms with van der Waals surface area (Å²) in [5, 5.41) is 3.41. The number of ether oxygens (including phenoxy) is 2. The maximum atomic E-state index is 5.87. The minimum Gasteiger partial charge on any atom is -0.493 e. The van der Waals surface area contributed by atoms with Crippen molar-refractivity contribution < 1.29 is 9.47 Å². The van der Waals surface area contributed by atoms with E-state index in [2.05, 4.69) is 38.2 Å². The fourth-order valence-electron chi connectivity index (χ4n) is 1.98. The number of rotatable bonds is 10. The van der Waals surface area contributed by atoms with E-state index in [1.807, 2.05) is 6.07 Å². The van der Waals surface area contributed by atoms with Crippen LogP contribution in [0.3, 0.4) is 0 Å². The molecule has 1 aromatic rings. The Morgan fingerprint density at radius 3 is 2.55 bits per heavy atom. The molecule has 3 nitrogen and oxygen atoms in total. The highest BCUT2D eigenvalue weighted by molar-refractivity contribution is 5.42. The van der Waals surface area contributed by atoms with E-state index in [1.165, 1.54) is 24.8 Å². The van der Waals surface area contributed by atoms with Crippen LogP contribution in [0.2, 0.25) is 0 Å². The van der Waals surface area contributed by atoms with Crippen molar-refractivity contribution in [1.82, 2.24) is 5.32 Å². The Morgan fingerprint density at radius 1 is 1.10 bits per heavy atom. The van der Waals surface area contributed by atoms with Gasteiger partial charge in [0, 0.05) is 12.6 Å². The number of benzene rings is 1. The predicted molar refractivity (Wildman–Crippen MR) is 84.6 cm³/mol. The Labute approximate surface area is 123 Å². The zero-order valence-electron chi connectivity index (χ0n) is 13.4. The van der Waals surface area contributed by atoms with Gasteiger partial charge in [-0.25, -0.2) is 0 Å². The quantitative estimate of drug-likeness (QED) is 0.653. The molecule has 0 aliphatic heterocycles. The summed E-state index contributed by atoms with van der Waals surface area (Å²) in [6, 6.07) is 6.63. The van der Waals surface area contributed by atoms with Crippen LogP contribution in [0.5, 0.6) is 11.5 Å². The van der Waals surface area contributed by atoms with Crippen LogP contribution in [0, 0.1) is 0 Å². The van der Waals surface area contributed by atoms with Crippen molar-refractivity contribution in [1.29, 1.82) is 0 Å². The second-order valence-electron chi connectivity index (χ2n) is 5.43. The zero-order chi connectivity index (χ0) is 14.8. The van der Waals surface area contributed by atoms with Crippen LogP contribution in [0.15, 0.2) is 18.2 Å². The molecule has 0 saturated heterocycles. The van der Waals surface area contributed by atoms with Gasteiger partial charge in [0.25, 0.3) is 0 Å². The fraction of sp³-hybridized carbons (Fsp3) is 0.647. The molecule has 0 amide bonds. The second kappa shape index (κ2) is 9.65. The average molecular weight is 279 g/mol. The normalized spacial score (nSPS) is 10.8. The van der Waals surface area contributed by atoms with Gasteiger partial charge < -0.3 is 14.8 Å². The number of unbranched alkanes of at least 4 members (excludes halogenated alkanes) is 3. The lowest BCUT2D eigenvalue weighted by atomic mass is 10.2. The molecule has 0 fully saturated rings. The van der Waals surface area contributed by atoms with Gasteiger partial charge in [0.15, 0.2) is 11.5 Å². The van der Waals surface area contributed by atoms with Gasteiger partial charge in [0.1, 0.15) is 0 Å². The number of hydrogen-bond donors (Lipinski definition) is 1. The minimum absolute atomic E-state index is 0.482. The molecule has 0 bridgehead atoms. The summed E-state index contributed by atoms with van der Waals surface area (Å²) >= 11 is 0. The van der Waals surface area contributed by atoms with E-state index in [1.54, 1.807) is 7.11 Å². The molecule has 0 saturated carbocycles. The first-order valence-electron chi connectivity index (χ1n) is 7.70. The van der Waals surface area contributed by atoms with E-state index < -0.39 is 0 Å². The predicted octanol–water partition coefficient (Wildman–Crippen LogP) is 4.15. The smallest absolute Gasteiger partial charge is 0.161 e. The monoisotopic (exact) mass is 279 g/mol. The Hall–Kier alpha value is -1.22. The summed E-state index contributed by atoms with van der Waals surface area (Å²) in [6.07, 6.45) is 4.86. The van der Waals surface area contributed by atoms with Crippen LogP contribution < -0.4 is 14.8 Å². The van der Waals surface area contributed by atoms with E-state index >= 15 is 0 Å². The lowest BCUT2D eigenvalue weighted by Gasteiger charge is -2.13. The van der Waals surface area contributed by atoms with Crippen molar-refractivity contribution >= 4 is 0 Å². The Balaban J connectivity index is 2.54. The molecule has 1 N–H and O–H groups in total. The second-order valence-corrected chi connectivity index (χ2v) is 5.43. The molecule has 0 aliphatic carbocycles. The molecule has 0 unspecified atom stereocenters. The van der Waals surface area contributed by atoms with Crippen LogP contribution in [0.25, 0.3) is 0 Å². The Bertz CT molecular complexity index is 377. The fourth-order valence-corrected chi connectivity index (χ4v) is 1.98. The number of nitrogens with one attached hydrogen (secondary N) is 1. The lowest BCUT2D eigenvalue weighted by Crippen LogP contribution is -2.21. The zero-order valence-corrected chi connectivity index (χ0v) is 13.4. The van der Waals surface area contributed by atoms with Crippen molar-refractivity contribution in [2.75, 3.05) is 13.7 Å². The molecule has 0 heterocycles. The molecule has 0 aromatic heterocycles. The molecule has 0 atom stereocenters. The van der Waals surface area contributed by atoms with Gasteiger partial charge in [0.05, 0.1) is 13.7 Å². The highest BCUT2D eigenvalue weighted by atomic mass is 16.5. The van der Waals surface area contributed by atoms with Crippen LogP contribution in [0.4, 0.5) is 0 Å². The molecule has 0 spiro atoms. The third kappa shape index (κ3) is 6.29. The average Bonchev–Trinajstić information content (AvgIpc) is 2.45. The van der Waals surface area contributed by atoms with Gasteiger partial charge in [-0.2, -0.15) is 0 Å². The first kappa shape index (κ1) is 16.8. The summed E-state index contributed by atoms with van der Waals surface area (Å²) in [5.41, 5.74) is 1.23. The largest absolute Gasteiger partial charge is 0.493 e. The minimum atomic E-state index is 0.482. The standard InChI is InChI=1S/C17H29NO2/c1-5-6-7-8-11-20-17-12-15(13-18-14(2)3)9-10-16(17)19-4/h9-10,12,14,18H,5-8,11,13H2,1-4H3. The van der Waals surface area contributed by atoms with Gasteiger partial charge >= 0.3 is 0 Å². The molecule has 114 valence electrons. The maximum absolute atomic E-state index is 5.87. The topological polar surface area (TPSA) is 30.5 Å². The highest BCUT2D eigenvalue weighted by Crippen LogP contribution is 2.28. The Kier molecular flexibility index (Phi) is 8.12. The first-order chi connectivity index (χ1) is 9.67. The third-order valence-corrected chi connectivity index (χ3v) is 3.20. The van der Waals surface area contributed by atoms with Crippen molar-refractivity contribution in [3.05, 3.63) is 23.8 Å². The lowest BCUT2D eigenvalue weighted by molar-refractivity contribution is 0.284. The van der Waals surface area contributed by atoms with E-state index in [9.17, 15) is 0 Å². The molecule has 0 radical (unpaired) electrons. The SMILES string of the molecule is CCCCCCOc1cc(CNC(C)C)ccc1OC. The van der Waals surface area contributed by atoms with Gasteiger partial charge in [0.2, 0.25) is 0 Å². The van der Waals surface area contributed by atoms with Crippen LogP contribution >= 0.6 is 0 Å². The van der Waals surface area contributed by atoms with Gasteiger partial charge in [-0.05, 0) is 24.1 Å². The number of hydrogen-bond acceptors (Lipinski definition) is 3. The van der Waals surface area contributed by atoms with Crippen molar-refractivity contribution in [2.24, 2.45) is 0 Å². The van der Waals surface area contributed by atoms with Gasteiger partial charge in [-0.15, -0.1) is 0 Å². The number of methoxy groups -OCH3 is 1. The summed E-state index contributed by atoms with van der Waals surface area (Å²) in [6.45, 7) is 8.13. The van der Waals surface area contributed by atoms with Crippen LogP contribution in [-0.4, -0.2) is 19.8 Å². The van der Waals surface area contributed by atoms with Crippen molar-refractivity contribution in [2.45, 2.75) is 59.0 Å². The Morgan fingerprint density at radius 2 is 1.90 bits per heavy atom. The van der Waals surface area contributed by atoms with Crippen LogP contribution in [-0.2, 0) is 6.54 Å². The van der Waals surface area contributed by atoms with E-state index in [0.29, 0.717) is 6.04 Å². The molecule has 1 rings (SSSR count). The highest BCUT2D eigenvalue weighted by Gasteiger charge is 2.06. The molecule has 1 aromatic carbocycles. The summed E-state index contributed by atoms with van der Waals surface area (Å²) in [7, 11) is 1.69. The van der Waals surface area contributed by atoms with E-state index in [-0.39, 0.29) is 0 Å². The molecular formula is C17H29NO2. The summed E-state index contributed by atoms with van der Waals surface area (Å²) < 4.78 is 11.2. The van der Waals surface area contributed by atoms with Gasteiger partial charge in [-0.1, -0.05) is 46.1 Å². The molecule has 0 aliphatic rings.